The molecule has 2 unspecified atom stereocenters. The van der Waals surface area contributed by atoms with Crippen molar-refractivity contribution in [2.45, 2.75) is 45.5 Å². The summed E-state index contributed by atoms with van der Waals surface area (Å²) in [5.74, 6) is 0.892. The molecule has 0 spiro atoms. The van der Waals surface area contributed by atoms with Gasteiger partial charge in [0.2, 0.25) is 0 Å². The Morgan fingerprint density at radius 3 is 2.91 bits per heavy atom. The third-order valence-electron chi connectivity index (χ3n) is 4.92. The Morgan fingerprint density at radius 1 is 1.39 bits per heavy atom. The first-order valence-electron chi connectivity index (χ1n) is 7.87. The predicted molar refractivity (Wildman–Crippen MR) is 90.7 cm³/mol. The zero-order chi connectivity index (χ0) is 16.2. The van der Waals surface area contributed by atoms with E-state index >= 15 is 0 Å². The van der Waals surface area contributed by atoms with E-state index in [0.29, 0.717) is 6.54 Å². The van der Waals surface area contributed by atoms with E-state index < -0.39 is 5.72 Å². The fraction of sp³-hybridized carbons (Fsp3) is 0.389. The molecule has 120 valence electrons. The Bertz CT molecular complexity index is 772. The highest BCUT2D eigenvalue weighted by atomic mass is 32.1. The van der Waals surface area contributed by atoms with Crippen molar-refractivity contribution in [3.63, 3.8) is 0 Å². The van der Waals surface area contributed by atoms with Crippen LogP contribution in [0.3, 0.4) is 0 Å². The Labute approximate surface area is 140 Å². The van der Waals surface area contributed by atoms with Crippen LogP contribution in [-0.4, -0.2) is 16.7 Å². The lowest BCUT2D eigenvalue weighted by Crippen LogP contribution is -2.64. The first kappa shape index (κ1) is 14.6. The van der Waals surface area contributed by atoms with Crippen LogP contribution in [0.1, 0.15) is 41.0 Å². The second-order valence-electron chi connectivity index (χ2n) is 6.62. The molecule has 2 atom stereocenters. The number of nitrogens with zero attached hydrogens (tertiary/aromatic N) is 1. The number of hydrogen-bond acceptors (Lipinski definition) is 3. The van der Waals surface area contributed by atoms with Crippen molar-refractivity contribution in [1.29, 1.82) is 0 Å². The number of rotatable bonds is 2. The third kappa shape index (κ3) is 2.30. The molecular weight excluding hydrogens is 308 g/mol. The fourth-order valence-corrected chi connectivity index (χ4v) is 4.17. The summed E-state index contributed by atoms with van der Waals surface area (Å²) in [4.78, 5) is 15.6. The highest BCUT2D eigenvalue weighted by molar-refractivity contribution is 7.09. The molecule has 2 amide bonds. The maximum absolute atomic E-state index is 12.6. The number of hydrogen-bond donors (Lipinski definition) is 1. The normalized spacial score (nSPS) is 25.6. The number of ether oxygens (including phenoxy) is 1. The van der Waals surface area contributed by atoms with Gasteiger partial charge in [-0.15, -0.1) is 11.3 Å². The molecular formula is C18H20N2O2S. The molecule has 1 fully saturated rings. The van der Waals surface area contributed by atoms with Crippen LogP contribution in [0.25, 0.3) is 0 Å². The lowest BCUT2D eigenvalue weighted by Gasteiger charge is -2.50. The summed E-state index contributed by atoms with van der Waals surface area (Å²) in [5, 5.41) is 5.18. The summed E-state index contributed by atoms with van der Waals surface area (Å²) < 4.78 is 6.33. The van der Waals surface area contributed by atoms with Crippen molar-refractivity contribution < 1.29 is 9.53 Å². The lowest BCUT2D eigenvalue weighted by atomic mass is 9.88. The van der Waals surface area contributed by atoms with Crippen molar-refractivity contribution in [2.75, 3.05) is 0 Å². The van der Waals surface area contributed by atoms with Crippen molar-refractivity contribution in [3.8, 4) is 5.75 Å². The van der Waals surface area contributed by atoms with Crippen molar-refractivity contribution in [2.24, 2.45) is 0 Å². The highest BCUT2D eigenvalue weighted by Gasteiger charge is 2.49. The molecule has 1 aromatic heterocycles. The van der Waals surface area contributed by atoms with E-state index in [1.807, 2.05) is 23.3 Å². The van der Waals surface area contributed by atoms with E-state index in [1.165, 1.54) is 11.1 Å². The van der Waals surface area contributed by atoms with Crippen molar-refractivity contribution in [3.05, 3.63) is 51.2 Å². The molecule has 4 rings (SSSR count). The van der Waals surface area contributed by atoms with Gasteiger partial charge >= 0.3 is 6.03 Å². The molecule has 2 aliphatic rings. The van der Waals surface area contributed by atoms with Gasteiger partial charge in [0.25, 0.3) is 0 Å². The summed E-state index contributed by atoms with van der Waals surface area (Å²) in [7, 11) is 0. The van der Waals surface area contributed by atoms with Crippen LogP contribution in [-0.2, 0) is 6.54 Å². The molecule has 1 aromatic carbocycles. The van der Waals surface area contributed by atoms with E-state index in [0.717, 1.165) is 22.6 Å². The number of benzene rings is 1. The SMILES string of the molecule is Cc1cc2c(cc1C)C1CC(C)(O2)N(Cc2cccs2)C(=O)N1. The maximum atomic E-state index is 12.6. The second-order valence-corrected chi connectivity index (χ2v) is 7.66. The number of nitrogens with one attached hydrogen (secondary N) is 1. The molecule has 2 bridgehead atoms. The Balaban J connectivity index is 1.73. The van der Waals surface area contributed by atoms with Gasteiger partial charge in [-0.1, -0.05) is 12.1 Å². The molecule has 1 saturated heterocycles. The maximum Gasteiger partial charge on any atom is 0.321 e. The quantitative estimate of drug-likeness (QED) is 0.900. The number of carbonyl (C=O) groups excluding carboxylic acids is 1. The first-order chi connectivity index (χ1) is 11.0. The van der Waals surface area contributed by atoms with Crippen LogP contribution < -0.4 is 10.1 Å². The van der Waals surface area contributed by atoms with E-state index in [2.05, 4.69) is 37.4 Å². The number of urea groups is 1. The molecule has 2 aromatic rings. The third-order valence-corrected chi connectivity index (χ3v) is 5.78. The molecule has 4 nitrogen and oxygen atoms in total. The summed E-state index contributed by atoms with van der Waals surface area (Å²) >= 11 is 1.66. The average Bonchev–Trinajstić information content (AvgIpc) is 2.99. The molecule has 5 heteroatoms. The number of amides is 2. The summed E-state index contributed by atoms with van der Waals surface area (Å²) in [6, 6.07) is 8.27. The summed E-state index contributed by atoms with van der Waals surface area (Å²) in [5.41, 5.74) is 2.93. The van der Waals surface area contributed by atoms with Crippen LogP contribution >= 0.6 is 11.3 Å². The molecule has 2 aliphatic heterocycles. The van der Waals surface area contributed by atoms with Gasteiger partial charge in [0.1, 0.15) is 5.75 Å². The van der Waals surface area contributed by atoms with Crippen LogP contribution in [0.4, 0.5) is 4.79 Å². The van der Waals surface area contributed by atoms with Gasteiger partial charge in [-0.25, -0.2) is 4.79 Å². The van der Waals surface area contributed by atoms with Crippen LogP contribution in [0.5, 0.6) is 5.75 Å². The van der Waals surface area contributed by atoms with E-state index in [-0.39, 0.29) is 12.1 Å². The zero-order valence-corrected chi connectivity index (χ0v) is 14.4. The van der Waals surface area contributed by atoms with E-state index in [1.54, 1.807) is 11.3 Å². The first-order valence-corrected chi connectivity index (χ1v) is 8.75. The van der Waals surface area contributed by atoms with Crippen LogP contribution in [0, 0.1) is 13.8 Å². The van der Waals surface area contributed by atoms with Crippen molar-refractivity contribution in [1.82, 2.24) is 10.2 Å². The minimum Gasteiger partial charge on any atom is -0.468 e. The molecule has 0 aliphatic carbocycles. The molecule has 3 heterocycles. The monoisotopic (exact) mass is 328 g/mol. The minimum atomic E-state index is -0.605. The molecule has 23 heavy (non-hydrogen) atoms. The largest absolute Gasteiger partial charge is 0.468 e. The Morgan fingerprint density at radius 2 is 2.17 bits per heavy atom. The van der Waals surface area contributed by atoms with Gasteiger partial charge in [-0.05, 0) is 49.4 Å². The molecule has 0 radical (unpaired) electrons. The predicted octanol–water partition coefficient (Wildman–Crippen LogP) is 4.13. The van der Waals surface area contributed by atoms with Crippen LogP contribution in [0.15, 0.2) is 29.6 Å². The molecule has 0 saturated carbocycles. The standard InChI is InChI=1S/C18H20N2O2S/c1-11-7-14-15-9-18(3,22-16(14)8-12(11)2)20(17(21)19-15)10-13-5-4-6-23-13/h4-8,15H,9-10H2,1-3H3,(H,19,21). The second kappa shape index (κ2) is 4.99. The Hall–Kier alpha value is -2.01. The van der Waals surface area contributed by atoms with Gasteiger partial charge < -0.3 is 10.1 Å². The highest BCUT2D eigenvalue weighted by Crippen LogP contribution is 2.45. The Kier molecular flexibility index (Phi) is 3.17. The van der Waals surface area contributed by atoms with E-state index in [4.69, 9.17) is 4.74 Å². The smallest absolute Gasteiger partial charge is 0.321 e. The lowest BCUT2D eigenvalue weighted by molar-refractivity contribution is -0.0876. The summed E-state index contributed by atoms with van der Waals surface area (Å²) in [6.45, 7) is 6.78. The van der Waals surface area contributed by atoms with Gasteiger partial charge in [0.05, 0.1) is 12.6 Å². The van der Waals surface area contributed by atoms with Crippen LogP contribution in [0.2, 0.25) is 0 Å². The van der Waals surface area contributed by atoms with Gasteiger partial charge in [0.15, 0.2) is 5.72 Å². The van der Waals surface area contributed by atoms with E-state index in [9.17, 15) is 4.79 Å². The topological polar surface area (TPSA) is 41.6 Å². The number of carbonyl (C=O) groups is 1. The van der Waals surface area contributed by atoms with Gasteiger partial charge in [-0.2, -0.15) is 0 Å². The zero-order valence-electron chi connectivity index (χ0n) is 13.6. The average molecular weight is 328 g/mol. The van der Waals surface area contributed by atoms with Gasteiger partial charge in [0, 0.05) is 16.9 Å². The fourth-order valence-electron chi connectivity index (χ4n) is 3.47. The van der Waals surface area contributed by atoms with Gasteiger partial charge in [-0.3, -0.25) is 4.90 Å². The number of fused-ring (bicyclic) bond motifs is 4. The van der Waals surface area contributed by atoms with Crippen molar-refractivity contribution >= 4 is 17.4 Å². The molecule has 1 N–H and O–H groups in total. The summed E-state index contributed by atoms with van der Waals surface area (Å²) in [6.07, 6.45) is 0.764. The number of thiophene rings is 1. The minimum absolute atomic E-state index is 0.0233. The number of aryl methyl sites for hydroxylation is 2.